The summed E-state index contributed by atoms with van der Waals surface area (Å²) in [6.07, 6.45) is 0. The number of nitrogens with two attached hydrogens (primary N) is 1. The Labute approximate surface area is 146 Å². The number of rotatable bonds is 5. The lowest BCUT2D eigenvalue weighted by Gasteiger charge is -2.20. The van der Waals surface area contributed by atoms with Crippen molar-refractivity contribution in [3.8, 4) is 0 Å². The van der Waals surface area contributed by atoms with Gasteiger partial charge in [0.15, 0.2) is 6.04 Å². The summed E-state index contributed by atoms with van der Waals surface area (Å²) in [4.78, 5) is 12.3. The molecule has 0 aliphatic heterocycles. The van der Waals surface area contributed by atoms with Crippen LogP contribution in [-0.2, 0) is 9.53 Å². The zero-order chi connectivity index (χ0) is 16.1. The second-order valence-corrected chi connectivity index (χ2v) is 6.39. The fourth-order valence-electron chi connectivity index (χ4n) is 2.01. The third kappa shape index (κ3) is 4.24. The van der Waals surface area contributed by atoms with E-state index in [2.05, 4.69) is 37.2 Å². The quantitative estimate of drug-likeness (QED) is 0.544. The molecule has 0 aliphatic rings. The average molecular weight is 428 g/mol. The molecule has 2 aromatic carbocycles. The monoisotopic (exact) mass is 426 g/mol. The van der Waals surface area contributed by atoms with Crippen molar-refractivity contribution in [1.29, 1.82) is 0 Å². The zero-order valence-electron chi connectivity index (χ0n) is 12.0. The number of hydrogen-bond donors (Lipinski definition) is 2. The van der Waals surface area contributed by atoms with Gasteiger partial charge in [-0.2, -0.15) is 0 Å². The predicted octanol–water partition coefficient (Wildman–Crippen LogP) is 4.51. The van der Waals surface area contributed by atoms with Crippen LogP contribution in [-0.4, -0.2) is 12.6 Å². The molecular formula is C16H16Br2N2O2. The molecule has 6 heteroatoms. The van der Waals surface area contributed by atoms with Crippen molar-refractivity contribution in [2.24, 2.45) is 0 Å². The van der Waals surface area contributed by atoms with E-state index in [1.807, 2.05) is 30.3 Å². The maximum absolute atomic E-state index is 12.3. The van der Waals surface area contributed by atoms with E-state index in [0.717, 1.165) is 20.2 Å². The summed E-state index contributed by atoms with van der Waals surface area (Å²) in [6, 6.07) is 12.3. The normalized spacial score (nSPS) is 11.8. The second kappa shape index (κ2) is 7.65. The SMILES string of the molecule is CCOC(=O)C(Nc1cccc(Br)c1)c1ccc(N)cc1Br. The molecule has 116 valence electrons. The first-order chi connectivity index (χ1) is 10.5. The van der Waals surface area contributed by atoms with Crippen LogP contribution in [0.5, 0.6) is 0 Å². The van der Waals surface area contributed by atoms with Gasteiger partial charge in [-0.3, -0.25) is 0 Å². The van der Waals surface area contributed by atoms with Crippen molar-refractivity contribution >= 4 is 49.2 Å². The number of hydrogen-bond acceptors (Lipinski definition) is 4. The van der Waals surface area contributed by atoms with Crippen molar-refractivity contribution in [2.75, 3.05) is 17.7 Å². The number of nitrogen functional groups attached to an aromatic ring is 1. The van der Waals surface area contributed by atoms with Crippen LogP contribution in [0.25, 0.3) is 0 Å². The van der Waals surface area contributed by atoms with E-state index in [9.17, 15) is 4.79 Å². The molecule has 2 aromatic rings. The number of carbonyl (C=O) groups excluding carboxylic acids is 1. The van der Waals surface area contributed by atoms with Gasteiger partial charge in [-0.05, 0) is 42.8 Å². The third-order valence-corrected chi connectivity index (χ3v) is 4.17. The van der Waals surface area contributed by atoms with Gasteiger partial charge >= 0.3 is 5.97 Å². The molecule has 0 heterocycles. The smallest absolute Gasteiger partial charge is 0.333 e. The summed E-state index contributed by atoms with van der Waals surface area (Å²) >= 11 is 6.88. The lowest BCUT2D eigenvalue weighted by molar-refractivity contribution is -0.144. The van der Waals surface area contributed by atoms with Gasteiger partial charge in [-0.25, -0.2) is 4.79 Å². The molecule has 0 aliphatic carbocycles. The molecule has 2 rings (SSSR count). The fourth-order valence-corrected chi connectivity index (χ4v) is 3.04. The molecule has 1 unspecified atom stereocenters. The summed E-state index contributed by atoms with van der Waals surface area (Å²) < 4.78 is 6.87. The van der Waals surface area contributed by atoms with E-state index >= 15 is 0 Å². The van der Waals surface area contributed by atoms with E-state index in [0.29, 0.717) is 12.3 Å². The fraction of sp³-hybridized carbons (Fsp3) is 0.188. The van der Waals surface area contributed by atoms with Gasteiger partial charge < -0.3 is 15.8 Å². The summed E-state index contributed by atoms with van der Waals surface area (Å²) in [6.45, 7) is 2.11. The molecule has 1 atom stereocenters. The van der Waals surface area contributed by atoms with Gasteiger partial charge in [0.05, 0.1) is 6.61 Å². The van der Waals surface area contributed by atoms with Crippen LogP contribution in [0, 0.1) is 0 Å². The molecule has 0 amide bonds. The van der Waals surface area contributed by atoms with Crippen LogP contribution in [0.1, 0.15) is 18.5 Å². The minimum absolute atomic E-state index is 0.322. The van der Waals surface area contributed by atoms with Crippen LogP contribution >= 0.6 is 31.9 Å². The Morgan fingerprint density at radius 3 is 2.68 bits per heavy atom. The van der Waals surface area contributed by atoms with Crippen molar-refractivity contribution in [1.82, 2.24) is 0 Å². The molecule has 0 saturated carbocycles. The first kappa shape index (κ1) is 16.8. The van der Waals surface area contributed by atoms with E-state index in [-0.39, 0.29) is 5.97 Å². The van der Waals surface area contributed by atoms with Crippen LogP contribution in [0.2, 0.25) is 0 Å². The Bertz CT molecular complexity index is 677. The van der Waals surface area contributed by atoms with E-state index in [1.54, 1.807) is 19.1 Å². The van der Waals surface area contributed by atoms with Crippen molar-refractivity contribution in [3.63, 3.8) is 0 Å². The highest BCUT2D eigenvalue weighted by atomic mass is 79.9. The van der Waals surface area contributed by atoms with E-state index < -0.39 is 6.04 Å². The maximum atomic E-state index is 12.3. The predicted molar refractivity (Wildman–Crippen MR) is 95.7 cm³/mol. The molecule has 0 aromatic heterocycles. The van der Waals surface area contributed by atoms with Crippen LogP contribution in [0.3, 0.4) is 0 Å². The second-order valence-electron chi connectivity index (χ2n) is 4.62. The topological polar surface area (TPSA) is 64.3 Å². The molecule has 0 saturated heterocycles. The molecular weight excluding hydrogens is 412 g/mol. The summed E-state index contributed by atoms with van der Waals surface area (Å²) in [5.74, 6) is -0.340. The number of carbonyl (C=O) groups is 1. The zero-order valence-corrected chi connectivity index (χ0v) is 15.1. The Kier molecular flexibility index (Phi) is 5.85. The summed E-state index contributed by atoms with van der Waals surface area (Å²) in [5, 5.41) is 3.21. The largest absolute Gasteiger partial charge is 0.464 e. The highest BCUT2D eigenvalue weighted by Crippen LogP contribution is 2.30. The summed E-state index contributed by atoms with van der Waals surface area (Å²) in [7, 11) is 0. The minimum Gasteiger partial charge on any atom is -0.464 e. The molecule has 3 N–H and O–H groups in total. The summed E-state index contributed by atoms with van der Waals surface area (Å²) in [5.41, 5.74) is 7.97. The Morgan fingerprint density at radius 1 is 1.27 bits per heavy atom. The third-order valence-electron chi connectivity index (χ3n) is 2.99. The number of benzene rings is 2. The Morgan fingerprint density at radius 2 is 2.05 bits per heavy atom. The standard InChI is InChI=1S/C16H16Br2N2O2/c1-2-22-16(21)15(13-7-6-11(19)9-14(13)18)20-12-5-3-4-10(17)8-12/h3-9,15,20H,2,19H2,1H3. The van der Waals surface area contributed by atoms with Crippen LogP contribution in [0.4, 0.5) is 11.4 Å². The lowest BCUT2D eigenvalue weighted by atomic mass is 10.1. The van der Waals surface area contributed by atoms with E-state index in [1.165, 1.54) is 0 Å². The van der Waals surface area contributed by atoms with Crippen molar-refractivity contribution < 1.29 is 9.53 Å². The molecule has 0 bridgehead atoms. The van der Waals surface area contributed by atoms with Gasteiger partial charge in [-0.15, -0.1) is 0 Å². The minimum atomic E-state index is -0.621. The van der Waals surface area contributed by atoms with Crippen LogP contribution < -0.4 is 11.1 Å². The van der Waals surface area contributed by atoms with Gasteiger partial charge in [0.1, 0.15) is 0 Å². The van der Waals surface area contributed by atoms with Gasteiger partial charge in [0.2, 0.25) is 0 Å². The number of halogens is 2. The molecule has 4 nitrogen and oxygen atoms in total. The number of anilines is 2. The first-order valence-electron chi connectivity index (χ1n) is 6.75. The Balaban J connectivity index is 2.36. The van der Waals surface area contributed by atoms with E-state index in [4.69, 9.17) is 10.5 Å². The lowest BCUT2D eigenvalue weighted by Crippen LogP contribution is -2.23. The van der Waals surface area contributed by atoms with Gasteiger partial charge in [0, 0.05) is 20.3 Å². The molecule has 0 radical (unpaired) electrons. The van der Waals surface area contributed by atoms with Crippen molar-refractivity contribution in [3.05, 3.63) is 57.0 Å². The van der Waals surface area contributed by atoms with Crippen LogP contribution in [0.15, 0.2) is 51.4 Å². The first-order valence-corrected chi connectivity index (χ1v) is 8.33. The highest BCUT2D eigenvalue weighted by molar-refractivity contribution is 9.10. The number of esters is 1. The number of ether oxygens (including phenoxy) is 1. The van der Waals surface area contributed by atoms with Gasteiger partial charge in [-0.1, -0.05) is 44.0 Å². The van der Waals surface area contributed by atoms with Crippen molar-refractivity contribution in [2.45, 2.75) is 13.0 Å². The number of nitrogens with one attached hydrogen (secondary N) is 1. The Hall–Kier alpha value is -1.53. The van der Waals surface area contributed by atoms with Gasteiger partial charge in [0.25, 0.3) is 0 Å². The maximum Gasteiger partial charge on any atom is 0.333 e. The molecule has 22 heavy (non-hydrogen) atoms. The molecule has 0 fully saturated rings. The highest BCUT2D eigenvalue weighted by Gasteiger charge is 2.24. The average Bonchev–Trinajstić information content (AvgIpc) is 2.46. The molecule has 0 spiro atoms.